The monoisotopic (exact) mass is 430 g/mol. The number of hydrogen-bond donors (Lipinski definition) is 2. The summed E-state index contributed by atoms with van der Waals surface area (Å²) in [6.45, 7) is 0.645. The number of aryl methyl sites for hydroxylation is 1. The number of halogens is 1. The maximum atomic E-state index is 10.6. The molecule has 0 unspecified atom stereocenters. The summed E-state index contributed by atoms with van der Waals surface area (Å²) in [5, 5.41) is 21.3. The molecule has 3 aromatic rings. The third kappa shape index (κ3) is 3.48. The lowest BCUT2D eigenvalue weighted by Crippen LogP contribution is -3.04. The van der Waals surface area contributed by atoms with Gasteiger partial charge < -0.3 is 14.6 Å². The number of nitriles is 1. The van der Waals surface area contributed by atoms with Gasteiger partial charge in [-0.2, -0.15) is 5.26 Å². The molecule has 0 fully saturated rings. The maximum absolute atomic E-state index is 10.6. The third-order valence-corrected chi connectivity index (χ3v) is 6.03. The summed E-state index contributed by atoms with van der Waals surface area (Å²) in [6.07, 6.45) is 0. The van der Waals surface area contributed by atoms with Gasteiger partial charge in [0.1, 0.15) is 18.4 Å². The molecule has 26 heavy (non-hydrogen) atoms. The quantitative estimate of drug-likeness (QED) is 0.609. The highest BCUT2D eigenvalue weighted by atomic mass is 79.9. The Morgan fingerprint density at radius 3 is 2.58 bits per heavy atom. The van der Waals surface area contributed by atoms with Crippen LogP contribution < -0.4 is 4.90 Å². The van der Waals surface area contributed by atoms with Crippen LogP contribution >= 0.6 is 27.7 Å². The second-order valence-electron chi connectivity index (χ2n) is 6.56. The van der Waals surface area contributed by atoms with Gasteiger partial charge in [-0.3, -0.25) is 0 Å². The second-order valence-corrected chi connectivity index (χ2v) is 8.46. The molecular weight excluding hydrogens is 410 g/mol. The summed E-state index contributed by atoms with van der Waals surface area (Å²) >= 11 is 5.17. The molecule has 1 aromatic heterocycles. The smallest absolute Gasteiger partial charge is 0.139 e. The zero-order chi connectivity index (χ0) is 18.8. The van der Waals surface area contributed by atoms with Crippen molar-refractivity contribution in [1.82, 2.24) is 4.57 Å². The Kier molecular flexibility index (Phi) is 5.61. The summed E-state index contributed by atoms with van der Waals surface area (Å²) in [4.78, 5) is 2.36. The average Bonchev–Trinajstić information content (AvgIpc) is 2.89. The molecule has 0 atom stereocenters. The zero-order valence-electron chi connectivity index (χ0n) is 15.0. The predicted octanol–water partition coefficient (Wildman–Crippen LogP) is 3.45. The largest absolute Gasteiger partial charge is 0.506 e. The summed E-state index contributed by atoms with van der Waals surface area (Å²) in [5.41, 5.74) is 3.41. The van der Waals surface area contributed by atoms with Crippen LogP contribution in [0.25, 0.3) is 10.9 Å². The van der Waals surface area contributed by atoms with Gasteiger partial charge in [-0.1, -0.05) is 18.2 Å². The van der Waals surface area contributed by atoms with Crippen molar-refractivity contribution in [2.75, 3.05) is 14.1 Å². The molecule has 134 valence electrons. The van der Waals surface area contributed by atoms with Crippen molar-refractivity contribution < 1.29 is 10.0 Å². The van der Waals surface area contributed by atoms with E-state index >= 15 is 0 Å². The molecule has 0 aliphatic carbocycles. The highest BCUT2D eigenvalue weighted by molar-refractivity contribution is 9.10. The fourth-order valence-corrected chi connectivity index (χ4v) is 4.61. The minimum absolute atomic E-state index is 0.225. The topological polar surface area (TPSA) is 53.4 Å². The number of quaternary nitrogens is 1. The van der Waals surface area contributed by atoms with E-state index in [0.29, 0.717) is 22.3 Å². The fraction of sp³-hybridized carbons (Fsp3) is 0.250. The fourth-order valence-electron chi connectivity index (χ4n) is 3.16. The Balaban J connectivity index is 2.15. The predicted molar refractivity (Wildman–Crippen MR) is 110 cm³/mol. The number of fused-ring (bicyclic) bond motifs is 1. The van der Waals surface area contributed by atoms with Gasteiger partial charge in [0.2, 0.25) is 0 Å². The first-order valence-electron chi connectivity index (χ1n) is 8.32. The van der Waals surface area contributed by atoms with Crippen LogP contribution in [0.4, 0.5) is 0 Å². The molecule has 2 N–H and O–H groups in total. The van der Waals surface area contributed by atoms with Crippen LogP contribution in [-0.2, 0) is 19.3 Å². The van der Waals surface area contributed by atoms with Crippen molar-refractivity contribution in [3.63, 3.8) is 0 Å². The first-order chi connectivity index (χ1) is 12.4. The number of nitrogens with one attached hydrogen (secondary N) is 1. The van der Waals surface area contributed by atoms with E-state index in [9.17, 15) is 10.4 Å². The van der Waals surface area contributed by atoms with E-state index in [4.69, 9.17) is 0 Å². The standard InChI is InChI=1S/C20H20BrN3OS/c1-23(2)11-15-19-14(10-22)18(12-26-13-7-5-4-6-8-13)24(3)17(19)9-16(21)20(15)25/h4-9,25H,11-12H2,1-3H3/p+1. The normalized spacial score (nSPS) is 11.2. The Labute approximate surface area is 166 Å². The molecular formula is C20H21BrN3OS+. The van der Waals surface area contributed by atoms with Gasteiger partial charge in [-0.05, 0) is 34.1 Å². The number of thioether (sulfide) groups is 1. The molecule has 0 radical (unpaired) electrons. The highest BCUT2D eigenvalue weighted by Gasteiger charge is 2.23. The second kappa shape index (κ2) is 7.75. The lowest BCUT2D eigenvalue weighted by molar-refractivity contribution is -0.872. The van der Waals surface area contributed by atoms with Gasteiger partial charge in [-0.15, -0.1) is 11.8 Å². The van der Waals surface area contributed by atoms with Crippen LogP contribution in [0.1, 0.15) is 16.8 Å². The molecule has 6 heteroatoms. The molecule has 1 heterocycles. The molecule has 0 bridgehead atoms. The van der Waals surface area contributed by atoms with Gasteiger partial charge in [0, 0.05) is 28.8 Å². The highest BCUT2D eigenvalue weighted by Crippen LogP contribution is 2.39. The minimum Gasteiger partial charge on any atom is -0.506 e. The molecule has 0 aliphatic heterocycles. The molecule has 2 aromatic carbocycles. The van der Waals surface area contributed by atoms with Gasteiger partial charge in [-0.25, -0.2) is 0 Å². The van der Waals surface area contributed by atoms with Crippen molar-refractivity contribution in [2.45, 2.75) is 17.2 Å². The van der Waals surface area contributed by atoms with Crippen LogP contribution in [0.3, 0.4) is 0 Å². The van der Waals surface area contributed by atoms with Gasteiger partial charge in [0.15, 0.2) is 0 Å². The van der Waals surface area contributed by atoms with E-state index in [1.165, 1.54) is 9.80 Å². The van der Waals surface area contributed by atoms with E-state index in [2.05, 4.69) is 38.7 Å². The van der Waals surface area contributed by atoms with Gasteiger partial charge in [0.25, 0.3) is 0 Å². The number of hydrogen-bond acceptors (Lipinski definition) is 3. The summed E-state index contributed by atoms with van der Waals surface area (Å²) in [7, 11) is 6.06. The summed E-state index contributed by atoms with van der Waals surface area (Å²) < 4.78 is 2.73. The molecule has 0 aliphatic rings. The van der Waals surface area contributed by atoms with Crippen molar-refractivity contribution in [1.29, 1.82) is 5.26 Å². The van der Waals surface area contributed by atoms with E-state index in [0.717, 1.165) is 22.2 Å². The number of phenols is 1. The molecule has 0 amide bonds. The van der Waals surface area contributed by atoms with Crippen LogP contribution in [0.5, 0.6) is 5.75 Å². The number of rotatable bonds is 5. The maximum Gasteiger partial charge on any atom is 0.139 e. The van der Waals surface area contributed by atoms with Crippen molar-refractivity contribution >= 4 is 38.6 Å². The number of nitrogens with zero attached hydrogens (tertiary/aromatic N) is 2. The van der Waals surface area contributed by atoms with Crippen molar-refractivity contribution in [2.24, 2.45) is 7.05 Å². The average molecular weight is 431 g/mol. The Hall–Kier alpha value is -1.94. The number of phenolic OH excluding ortho intramolecular Hbond substituents is 1. The van der Waals surface area contributed by atoms with Crippen LogP contribution in [0.15, 0.2) is 45.8 Å². The Morgan fingerprint density at radius 2 is 1.96 bits per heavy atom. The van der Waals surface area contributed by atoms with Crippen molar-refractivity contribution in [3.8, 4) is 11.8 Å². The number of aromatic hydroxyl groups is 1. The van der Waals surface area contributed by atoms with Crippen molar-refractivity contribution in [3.05, 3.63) is 57.7 Å². The summed E-state index contributed by atoms with van der Waals surface area (Å²) in [6, 6.07) is 14.5. The van der Waals surface area contributed by atoms with Gasteiger partial charge in [0.05, 0.1) is 35.2 Å². The third-order valence-electron chi connectivity index (χ3n) is 4.40. The summed E-state index contributed by atoms with van der Waals surface area (Å²) in [5.74, 6) is 0.924. The molecule has 0 saturated heterocycles. The first-order valence-corrected chi connectivity index (χ1v) is 10.1. The van der Waals surface area contributed by atoms with E-state index in [-0.39, 0.29) is 5.75 Å². The number of aromatic nitrogens is 1. The first kappa shape index (κ1) is 18.8. The van der Waals surface area contributed by atoms with Crippen LogP contribution in [0, 0.1) is 11.3 Å². The van der Waals surface area contributed by atoms with E-state index < -0.39 is 0 Å². The Bertz CT molecular complexity index is 990. The minimum atomic E-state index is 0.225. The Morgan fingerprint density at radius 1 is 1.27 bits per heavy atom. The van der Waals surface area contributed by atoms with Crippen LogP contribution in [0.2, 0.25) is 0 Å². The lowest BCUT2D eigenvalue weighted by atomic mass is 10.0. The van der Waals surface area contributed by atoms with Gasteiger partial charge >= 0.3 is 0 Å². The molecule has 0 saturated carbocycles. The van der Waals surface area contributed by atoms with Crippen LogP contribution in [-0.4, -0.2) is 23.8 Å². The SMILES string of the molecule is Cn1c(CSc2ccccc2)c(C#N)c2c(C[NH+](C)C)c(O)c(Br)cc21. The zero-order valence-corrected chi connectivity index (χ0v) is 17.4. The molecule has 3 rings (SSSR count). The van der Waals surface area contributed by atoms with E-state index in [1.54, 1.807) is 11.8 Å². The number of benzene rings is 2. The molecule has 4 nitrogen and oxygen atoms in total. The lowest BCUT2D eigenvalue weighted by Gasteiger charge is -2.12. The molecule has 0 spiro atoms. The van der Waals surface area contributed by atoms with E-state index in [1.807, 2.05) is 45.4 Å².